The minimum Gasteiger partial charge on any atom is -0.465 e. The lowest BCUT2D eigenvalue weighted by molar-refractivity contribution is 0.128. The Morgan fingerprint density at radius 3 is 2.90 bits per heavy atom. The molecule has 2 unspecified atom stereocenters. The van der Waals surface area contributed by atoms with Gasteiger partial charge in [-0.3, -0.25) is 0 Å². The summed E-state index contributed by atoms with van der Waals surface area (Å²) in [7, 11) is 0. The summed E-state index contributed by atoms with van der Waals surface area (Å²) in [6.45, 7) is 0.572. The highest BCUT2D eigenvalue weighted by molar-refractivity contribution is 5.64. The van der Waals surface area contributed by atoms with Gasteiger partial charge in [-0.05, 0) is 0 Å². The van der Waals surface area contributed by atoms with Crippen LogP contribution in [0.25, 0.3) is 0 Å². The molecule has 0 aromatic carbocycles. The predicted octanol–water partition coefficient (Wildman–Crippen LogP) is -0.986. The smallest absolute Gasteiger partial charge is 0.404 e. The standard InChI is InChI=1S/C5H9NO4/c7-3(4-2-10-4)1-6-5(8)9/h3-4,6-7H,1-2H2,(H,8,9). The van der Waals surface area contributed by atoms with E-state index in [0.29, 0.717) is 6.61 Å². The number of nitrogens with one attached hydrogen (secondary N) is 1. The molecule has 5 nitrogen and oxygen atoms in total. The first-order chi connectivity index (χ1) is 4.70. The van der Waals surface area contributed by atoms with Crippen molar-refractivity contribution >= 4 is 6.09 Å². The molecule has 0 aromatic heterocycles. The fraction of sp³-hybridized carbons (Fsp3) is 0.800. The molecule has 0 saturated carbocycles. The number of carboxylic acid groups (broad SMARTS) is 1. The largest absolute Gasteiger partial charge is 0.465 e. The number of carbonyl (C=O) groups is 1. The van der Waals surface area contributed by atoms with E-state index in [2.05, 4.69) is 5.32 Å². The fourth-order valence-electron chi connectivity index (χ4n) is 0.601. The number of ether oxygens (including phenoxy) is 1. The van der Waals surface area contributed by atoms with Gasteiger partial charge < -0.3 is 20.3 Å². The average Bonchev–Trinajstić information content (AvgIpc) is 2.63. The maximum Gasteiger partial charge on any atom is 0.404 e. The first-order valence-electron chi connectivity index (χ1n) is 2.96. The summed E-state index contributed by atoms with van der Waals surface area (Å²) < 4.78 is 4.72. The van der Waals surface area contributed by atoms with Crippen molar-refractivity contribution in [2.45, 2.75) is 12.2 Å². The minimum absolute atomic E-state index is 0.0417. The third-order valence-electron chi connectivity index (χ3n) is 1.25. The zero-order chi connectivity index (χ0) is 7.56. The SMILES string of the molecule is O=C(O)NCC(O)C1CO1. The highest BCUT2D eigenvalue weighted by Gasteiger charge is 2.31. The van der Waals surface area contributed by atoms with Gasteiger partial charge in [0.1, 0.15) is 6.10 Å². The van der Waals surface area contributed by atoms with Crippen molar-refractivity contribution < 1.29 is 19.7 Å². The van der Waals surface area contributed by atoms with Gasteiger partial charge in [0, 0.05) is 6.54 Å². The molecule has 0 radical (unpaired) electrons. The summed E-state index contributed by atoms with van der Waals surface area (Å²) in [5, 5.41) is 19.1. The van der Waals surface area contributed by atoms with Gasteiger partial charge in [-0.25, -0.2) is 4.79 Å². The van der Waals surface area contributed by atoms with Gasteiger partial charge in [-0.15, -0.1) is 0 Å². The molecule has 0 bridgehead atoms. The van der Waals surface area contributed by atoms with Gasteiger partial charge in [-0.1, -0.05) is 0 Å². The summed E-state index contributed by atoms with van der Waals surface area (Å²) in [6, 6.07) is 0. The van der Waals surface area contributed by atoms with E-state index in [1.165, 1.54) is 0 Å². The molecule has 1 fully saturated rings. The molecule has 1 aliphatic rings. The van der Waals surface area contributed by atoms with E-state index in [9.17, 15) is 4.79 Å². The van der Waals surface area contributed by atoms with Crippen molar-refractivity contribution in [1.29, 1.82) is 0 Å². The molecule has 1 aliphatic heterocycles. The van der Waals surface area contributed by atoms with Crippen LogP contribution >= 0.6 is 0 Å². The molecule has 1 rings (SSSR count). The molecule has 3 N–H and O–H groups in total. The van der Waals surface area contributed by atoms with Gasteiger partial charge in [0.25, 0.3) is 0 Å². The first kappa shape index (κ1) is 7.30. The molecular weight excluding hydrogens is 138 g/mol. The van der Waals surface area contributed by atoms with Crippen molar-refractivity contribution in [3.63, 3.8) is 0 Å². The number of aliphatic hydroxyl groups excluding tert-OH is 1. The predicted molar refractivity (Wildman–Crippen MR) is 31.8 cm³/mol. The molecule has 1 amide bonds. The first-order valence-corrected chi connectivity index (χ1v) is 2.96. The third kappa shape index (κ3) is 2.20. The Bertz CT molecular complexity index is 134. The van der Waals surface area contributed by atoms with Crippen LogP contribution in [0, 0.1) is 0 Å². The van der Waals surface area contributed by atoms with E-state index in [1.54, 1.807) is 0 Å². The Hall–Kier alpha value is -0.810. The molecule has 58 valence electrons. The number of hydrogen-bond donors (Lipinski definition) is 3. The van der Waals surface area contributed by atoms with E-state index >= 15 is 0 Å². The van der Waals surface area contributed by atoms with Gasteiger partial charge >= 0.3 is 6.09 Å². The second kappa shape index (κ2) is 2.85. The lowest BCUT2D eigenvalue weighted by Crippen LogP contribution is -2.33. The Labute approximate surface area is 57.6 Å². The van der Waals surface area contributed by atoms with Crippen LogP contribution in [-0.2, 0) is 4.74 Å². The van der Waals surface area contributed by atoms with E-state index in [-0.39, 0.29) is 12.6 Å². The topological polar surface area (TPSA) is 82.1 Å². The number of rotatable bonds is 3. The maximum atomic E-state index is 9.88. The molecule has 0 aromatic rings. The van der Waals surface area contributed by atoms with Crippen LogP contribution in [0.3, 0.4) is 0 Å². The molecule has 5 heteroatoms. The van der Waals surface area contributed by atoms with E-state index in [0.717, 1.165) is 0 Å². The fourth-order valence-corrected chi connectivity index (χ4v) is 0.601. The third-order valence-corrected chi connectivity index (χ3v) is 1.25. The van der Waals surface area contributed by atoms with Crippen LogP contribution in [0.2, 0.25) is 0 Å². The normalized spacial score (nSPS) is 25.5. The Kier molecular flexibility index (Phi) is 2.08. The maximum absolute atomic E-state index is 9.88. The van der Waals surface area contributed by atoms with Crippen molar-refractivity contribution in [2.24, 2.45) is 0 Å². The van der Waals surface area contributed by atoms with Crippen LogP contribution in [0.1, 0.15) is 0 Å². The minimum atomic E-state index is -1.13. The van der Waals surface area contributed by atoms with Crippen molar-refractivity contribution in [1.82, 2.24) is 5.32 Å². The summed E-state index contributed by atoms with van der Waals surface area (Å²) in [6.07, 6.45) is -1.98. The monoisotopic (exact) mass is 147 g/mol. The molecule has 0 spiro atoms. The quantitative estimate of drug-likeness (QED) is 0.448. The van der Waals surface area contributed by atoms with Crippen molar-refractivity contribution in [2.75, 3.05) is 13.2 Å². The van der Waals surface area contributed by atoms with E-state index in [4.69, 9.17) is 14.9 Å². The van der Waals surface area contributed by atoms with E-state index < -0.39 is 12.2 Å². The molecule has 1 heterocycles. The second-order valence-corrected chi connectivity index (χ2v) is 2.13. The summed E-state index contributed by atoms with van der Waals surface area (Å²) in [4.78, 5) is 9.88. The number of amides is 1. The second-order valence-electron chi connectivity index (χ2n) is 2.13. The molecule has 2 atom stereocenters. The lowest BCUT2D eigenvalue weighted by atomic mass is 10.3. The average molecular weight is 147 g/mol. The van der Waals surface area contributed by atoms with Crippen molar-refractivity contribution in [3.05, 3.63) is 0 Å². The van der Waals surface area contributed by atoms with Gasteiger partial charge in [0.05, 0.1) is 12.7 Å². The Morgan fingerprint density at radius 1 is 1.90 bits per heavy atom. The lowest BCUT2D eigenvalue weighted by Gasteiger charge is -2.05. The molecule has 1 saturated heterocycles. The number of aliphatic hydroxyl groups is 1. The van der Waals surface area contributed by atoms with E-state index in [1.807, 2.05) is 0 Å². The van der Waals surface area contributed by atoms with Crippen LogP contribution < -0.4 is 5.32 Å². The highest BCUT2D eigenvalue weighted by Crippen LogP contribution is 2.12. The zero-order valence-electron chi connectivity index (χ0n) is 5.28. The van der Waals surface area contributed by atoms with Crippen LogP contribution in [0.4, 0.5) is 4.79 Å². The highest BCUT2D eigenvalue weighted by atomic mass is 16.6. The van der Waals surface area contributed by atoms with Gasteiger partial charge in [0.15, 0.2) is 0 Å². The summed E-state index contributed by atoms with van der Waals surface area (Å²) in [5.41, 5.74) is 0. The molecule has 10 heavy (non-hydrogen) atoms. The summed E-state index contributed by atoms with van der Waals surface area (Å²) >= 11 is 0. The number of hydrogen-bond acceptors (Lipinski definition) is 3. The molecular formula is C5H9NO4. The zero-order valence-corrected chi connectivity index (χ0v) is 5.28. The summed E-state index contributed by atoms with van der Waals surface area (Å²) in [5.74, 6) is 0. The molecule has 0 aliphatic carbocycles. The van der Waals surface area contributed by atoms with Gasteiger partial charge in [-0.2, -0.15) is 0 Å². The van der Waals surface area contributed by atoms with Crippen LogP contribution in [-0.4, -0.2) is 41.7 Å². The Morgan fingerprint density at radius 2 is 2.50 bits per heavy atom. The van der Waals surface area contributed by atoms with Crippen LogP contribution in [0.15, 0.2) is 0 Å². The van der Waals surface area contributed by atoms with Gasteiger partial charge in [0.2, 0.25) is 0 Å². The van der Waals surface area contributed by atoms with Crippen molar-refractivity contribution in [3.8, 4) is 0 Å². The van der Waals surface area contributed by atoms with Crippen LogP contribution in [0.5, 0.6) is 0 Å². The number of epoxide rings is 1. The Balaban J connectivity index is 2.05.